The molecule has 0 fully saturated rings. The molecule has 0 bridgehead atoms. The Morgan fingerprint density at radius 3 is 2.48 bits per heavy atom. The van der Waals surface area contributed by atoms with Crippen LogP contribution in [-0.2, 0) is 19.2 Å². The van der Waals surface area contributed by atoms with Gasteiger partial charge in [0, 0.05) is 12.2 Å². The number of hydrogen-bond acceptors (Lipinski definition) is 7. The Bertz CT molecular complexity index is 501. The molecule has 0 aromatic rings. The van der Waals surface area contributed by atoms with Crippen molar-refractivity contribution in [3.63, 3.8) is 0 Å². The maximum Gasteiger partial charge on any atom is 0.322 e. The van der Waals surface area contributed by atoms with E-state index < -0.39 is 42.4 Å². The van der Waals surface area contributed by atoms with Gasteiger partial charge in [-0.25, -0.2) is 0 Å². The second-order valence-corrected chi connectivity index (χ2v) is 7.19. The highest BCUT2D eigenvalue weighted by molar-refractivity contribution is 8.77. The minimum Gasteiger partial charge on any atom is -0.480 e. The molecule has 25 heavy (non-hydrogen) atoms. The van der Waals surface area contributed by atoms with Gasteiger partial charge in [0.05, 0.1) is 0 Å². The van der Waals surface area contributed by atoms with Crippen LogP contribution in [0.4, 0.5) is 0 Å². The molecule has 0 aromatic heterocycles. The van der Waals surface area contributed by atoms with Crippen LogP contribution in [0.25, 0.3) is 0 Å². The van der Waals surface area contributed by atoms with Crippen LogP contribution in [0.1, 0.15) is 26.2 Å². The third-order valence-electron chi connectivity index (χ3n) is 2.76. The van der Waals surface area contributed by atoms with Gasteiger partial charge in [-0.15, -0.1) is 0 Å². The summed E-state index contributed by atoms with van der Waals surface area (Å²) < 4.78 is 0. The smallest absolute Gasteiger partial charge is 0.322 e. The predicted molar refractivity (Wildman–Crippen MR) is 96.9 cm³/mol. The van der Waals surface area contributed by atoms with E-state index in [1.165, 1.54) is 21.6 Å². The number of hydrogen-bond donors (Lipinski definition) is 5. The molecule has 0 spiro atoms. The quantitative estimate of drug-likeness (QED) is 0.217. The summed E-state index contributed by atoms with van der Waals surface area (Å²) in [6.07, 6.45) is 2.59. The van der Waals surface area contributed by atoms with E-state index in [2.05, 4.69) is 10.6 Å². The number of allylic oxidation sites excluding steroid dienone is 1. The minimum absolute atomic E-state index is 0.0637. The molecule has 11 heteroatoms. The van der Waals surface area contributed by atoms with Crippen LogP contribution in [0.15, 0.2) is 11.5 Å². The van der Waals surface area contributed by atoms with Crippen molar-refractivity contribution in [1.82, 2.24) is 10.6 Å². The Hall–Kier alpha value is -1.72. The SMILES string of the molecule is CC/C=C/SSC[C@H](NC(=O)CC[C@H](N)C(=O)O)C(=O)NCC(=O)O. The lowest BCUT2D eigenvalue weighted by atomic mass is 10.1. The Balaban J connectivity index is 4.56. The van der Waals surface area contributed by atoms with E-state index in [0.29, 0.717) is 0 Å². The lowest BCUT2D eigenvalue weighted by Crippen LogP contribution is -2.49. The Kier molecular flexibility index (Phi) is 12.6. The predicted octanol–water partition coefficient (Wildman–Crippen LogP) is 0.169. The first kappa shape index (κ1) is 23.3. The van der Waals surface area contributed by atoms with E-state index >= 15 is 0 Å². The molecule has 0 saturated carbocycles. The van der Waals surface area contributed by atoms with Crippen LogP contribution < -0.4 is 16.4 Å². The van der Waals surface area contributed by atoms with Gasteiger partial charge in [0.2, 0.25) is 11.8 Å². The summed E-state index contributed by atoms with van der Waals surface area (Å²) in [7, 11) is 2.71. The second-order valence-electron chi connectivity index (χ2n) is 4.88. The van der Waals surface area contributed by atoms with Crippen molar-refractivity contribution in [1.29, 1.82) is 0 Å². The fraction of sp³-hybridized carbons (Fsp3) is 0.571. The van der Waals surface area contributed by atoms with Gasteiger partial charge in [-0.3, -0.25) is 19.2 Å². The van der Waals surface area contributed by atoms with E-state index in [4.69, 9.17) is 15.9 Å². The largest absolute Gasteiger partial charge is 0.480 e. The highest BCUT2D eigenvalue weighted by atomic mass is 33.1. The van der Waals surface area contributed by atoms with Crippen molar-refractivity contribution >= 4 is 45.3 Å². The topological polar surface area (TPSA) is 159 Å². The zero-order valence-electron chi connectivity index (χ0n) is 13.8. The molecule has 0 aromatic carbocycles. The third kappa shape index (κ3) is 12.3. The summed E-state index contributed by atoms with van der Waals surface area (Å²) in [5, 5.41) is 23.8. The number of nitrogens with one attached hydrogen (secondary N) is 2. The molecule has 0 aliphatic heterocycles. The van der Waals surface area contributed by atoms with Crippen molar-refractivity contribution in [2.75, 3.05) is 12.3 Å². The molecule has 0 aliphatic carbocycles. The minimum atomic E-state index is -1.21. The molecule has 0 radical (unpaired) electrons. The molecule has 9 nitrogen and oxygen atoms in total. The monoisotopic (exact) mass is 393 g/mol. The number of carbonyl (C=O) groups excluding carboxylic acids is 2. The summed E-state index contributed by atoms with van der Waals surface area (Å²) in [6.45, 7) is 1.43. The standard InChI is InChI=1S/C14H23N3O6S2/c1-2-3-6-24-25-8-10(13(21)16-7-12(19)20)17-11(18)5-4-9(15)14(22)23/h3,6,9-10H,2,4-5,7-8,15H2,1H3,(H,16,21)(H,17,18)(H,19,20)(H,22,23)/b6-3+/t9-,10-/m0/s1. The molecule has 2 amide bonds. The summed E-state index contributed by atoms with van der Waals surface area (Å²) in [5.74, 6) is -3.33. The molecule has 0 unspecified atom stereocenters. The van der Waals surface area contributed by atoms with Crippen LogP contribution in [0.5, 0.6) is 0 Å². The number of amides is 2. The lowest BCUT2D eigenvalue weighted by molar-refractivity contribution is -0.139. The van der Waals surface area contributed by atoms with E-state index in [1.807, 2.05) is 18.4 Å². The fourth-order valence-electron chi connectivity index (χ4n) is 1.43. The van der Waals surface area contributed by atoms with Crippen LogP contribution in [-0.4, -0.2) is 58.3 Å². The average Bonchev–Trinajstić information content (AvgIpc) is 2.55. The van der Waals surface area contributed by atoms with Crippen LogP contribution in [0.2, 0.25) is 0 Å². The van der Waals surface area contributed by atoms with Gasteiger partial charge in [-0.05, 0) is 18.2 Å². The Morgan fingerprint density at radius 1 is 1.24 bits per heavy atom. The van der Waals surface area contributed by atoms with E-state index in [-0.39, 0.29) is 18.6 Å². The van der Waals surface area contributed by atoms with Crippen molar-refractivity contribution in [2.24, 2.45) is 5.73 Å². The number of aliphatic carboxylic acids is 2. The average molecular weight is 393 g/mol. The molecule has 0 saturated heterocycles. The Morgan fingerprint density at radius 2 is 1.92 bits per heavy atom. The molecule has 0 heterocycles. The van der Waals surface area contributed by atoms with Gasteiger partial charge >= 0.3 is 11.9 Å². The second kappa shape index (κ2) is 13.6. The first-order valence-corrected chi connectivity index (χ1v) is 9.86. The number of rotatable bonds is 13. The van der Waals surface area contributed by atoms with Gasteiger partial charge in [-0.1, -0.05) is 34.6 Å². The van der Waals surface area contributed by atoms with Crippen LogP contribution >= 0.6 is 21.6 Å². The zero-order chi connectivity index (χ0) is 19.2. The molecule has 2 atom stereocenters. The maximum atomic E-state index is 12.0. The molecule has 142 valence electrons. The van der Waals surface area contributed by atoms with Crippen LogP contribution in [0.3, 0.4) is 0 Å². The fourth-order valence-corrected chi connectivity index (χ4v) is 3.34. The van der Waals surface area contributed by atoms with Crippen molar-refractivity contribution in [3.05, 3.63) is 11.5 Å². The lowest BCUT2D eigenvalue weighted by Gasteiger charge is -2.17. The molecular formula is C14H23N3O6S2. The van der Waals surface area contributed by atoms with Crippen LogP contribution in [0, 0.1) is 0 Å². The van der Waals surface area contributed by atoms with Gasteiger partial charge in [0.15, 0.2) is 0 Å². The summed E-state index contributed by atoms with van der Waals surface area (Å²) in [6, 6.07) is -2.09. The van der Waals surface area contributed by atoms with Gasteiger partial charge < -0.3 is 26.6 Å². The normalized spacial score (nSPS) is 13.2. The summed E-state index contributed by atoms with van der Waals surface area (Å²) in [5.41, 5.74) is 5.32. The van der Waals surface area contributed by atoms with Crippen molar-refractivity contribution in [3.8, 4) is 0 Å². The highest BCUT2D eigenvalue weighted by Gasteiger charge is 2.22. The number of carboxylic acids is 2. The summed E-state index contributed by atoms with van der Waals surface area (Å²) in [4.78, 5) is 45.0. The number of carboxylic acid groups (broad SMARTS) is 2. The van der Waals surface area contributed by atoms with Gasteiger partial charge in [-0.2, -0.15) is 0 Å². The van der Waals surface area contributed by atoms with E-state index in [0.717, 1.165) is 6.42 Å². The number of carbonyl (C=O) groups is 4. The first-order chi connectivity index (χ1) is 11.8. The van der Waals surface area contributed by atoms with E-state index in [9.17, 15) is 19.2 Å². The Labute approximate surface area is 153 Å². The molecule has 0 rings (SSSR count). The van der Waals surface area contributed by atoms with Crippen molar-refractivity contribution in [2.45, 2.75) is 38.3 Å². The summed E-state index contributed by atoms with van der Waals surface area (Å²) >= 11 is 0. The molecule has 6 N–H and O–H groups in total. The third-order valence-corrected chi connectivity index (χ3v) is 4.81. The molecule has 0 aliphatic rings. The first-order valence-electron chi connectivity index (χ1n) is 7.48. The number of nitrogens with two attached hydrogens (primary N) is 1. The highest BCUT2D eigenvalue weighted by Crippen LogP contribution is 2.23. The molecular weight excluding hydrogens is 370 g/mol. The van der Waals surface area contributed by atoms with Gasteiger partial charge in [0.1, 0.15) is 18.6 Å². The van der Waals surface area contributed by atoms with E-state index in [1.54, 1.807) is 0 Å². The van der Waals surface area contributed by atoms with Crippen molar-refractivity contribution < 1.29 is 29.4 Å². The van der Waals surface area contributed by atoms with Gasteiger partial charge in [0.25, 0.3) is 0 Å². The zero-order valence-corrected chi connectivity index (χ0v) is 15.4. The maximum absolute atomic E-state index is 12.0.